The lowest BCUT2D eigenvalue weighted by Gasteiger charge is -2.28. The van der Waals surface area contributed by atoms with Crippen molar-refractivity contribution < 1.29 is 27.9 Å². The number of carboxylic acids is 1. The average Bonchev–Trinajstić information content (AvgIpc) is 2.67. The molecule has 1 unspecified atom stereocenters. The van der Waals surface area contributed by atoms with Crippen molar-refractivity contribution in [1.29, 1.82) is 0 Å². The molecule has 0 spiro atoms. The quantitative estimate of drug-likeness (QED) is 0.786. The topological polar surface area (TPSA) is 97.1 Å². The van der Waals surface area contributed by atoms with E-state index in [2.05, 4.69) is 10.3 Å². The molecule has 1 heterocycles. The van der Waals surface area contributed by atoms with Gasteiger partial charge in [-0.15, -0.1) is 5.10 Å². The summed E-state index contributed by atoms with van der Waals surface area (Å²) in [6.45, 7) is -0.187. The Morgan fingerprint density at radius 2 is 2.06 bits per heavy atom. The molecule has 1 aromatic heterocycles. The standard InChI is InChI=1S/C8H9F3N4O3/c1-7(6(17)18,8(9,10)11)13-5(16)4-15-3-2-12-14-15/h2-3H,4H2,1H3,(H,13,16)(H,17,18). The number of carbonyl (C=O) groups is 2. The molecule has 0 aliphatic carbocycles. The lowest BCUT2D eigenvalue weighted by molar-refractivity contribution is -0.207. The van der Waals surface area contributed by atoms with Crippen molar-refractivity contribution in [1.82, 2.24) is 20.3 Å². The van der Waals surface area contributed by atoms with E-state index in [0.29, 0.717) is 6.92 Å². The lowest BCUT2D eigenvalue weighted by atomic mass is 10.0. The summed E-state index contributed by atoms with van der Waals surface area (Å²) >= 11 is 0. The molecule has 18 heavy (non-hydrogen) atoms. The highest BCUT2D eigenvalue weighted by Crippen LogP contribution is 2.30. The van der Waals surface area contributed by atoms with Crippen molar-refractivity contribution in [2.45, 2.75) is 25.2 Å². The third kappa shape index (κ3) is 2.76. The van der Waals surface area contributed by atoms with Crippen LogP contribution in [0.3, 0.4) is 0 Å². The molecular weight excluding hydrogens is 257 g/mol. The fraction of sp³-hybridized carbons (Fsp3) is 0.500. The first-order valence-electron chi connectivity index (χ1n) is 4.62. The highest BCUT2D eigenvalue weighted by atomic mass is 19.4. The molecule has 0 saturated heterocycles. The second kappa shape index (κ2) is 4.63. The van der Waals surface area contributed by atoms with Gasteiger partial charge in [0.2, 0.25) is 11.4 Å². The Labute approximate surface area is 98.6 Å². The summed E-state index contributed by atoms with van der Waals surface area (Å²) in [6, 6.07) is 0. The third-order valence-electron chi connectivity index (χ3n) is 2.16. The number of aromatic nitrogens is 3. The van der Waals surface area contributed by atoms with E-state index in [1.165, 1.54) is 17.7 Å². The van der Waals surface area contributed by atoms with Crippen LogP contribution in [0.4, 0.5) is 13.2 Å². The Kier molecular flexibility index (Phi) is 3.58. The lowest BCUT2D eigenvalue weighted by Crippen LogP contribution is -2.62. The van der Waals surface area contributed by atoms with Gasteiger partial charge in [-0.25, -0.2) is 9.48 Å². The number of carboxylic acid groups (broad SMARTS) is 1. The molecule has 7 nitrogen and oxygen atoms in total. The van der Waals surface area contributed by atoms with Crippen LogP contribution in [0.25, 0.3) is 0 Å². The molecule has 10 heteroatoms. The van der Waals surface area contributed by atoms with Crippen molar-refractivity contribution in [2.75, 3.05) is 0 Å². The van der Waals surface area contributed by atoms with Gasteiger partial charge < -0.3 is 10.4 Å². The van der Waals surface area contributed by atoms with E-state index in [1.807, 2.05) is 0 Å². The minimum atomic E-state index is -5.11. The van der Waals surface area contributed by atoms with Gasteiger partial charge in [-0.2, -0.15) is 13.2 Å². The molecule has 0 aliphatic rings. The number of carbonyl (C=O) groups excluding carboxylic acids is 1. The maximum absolute atomic E-state index is 12.6. The Bertz CT molecular complexity index is 445. The number of amides is 1. The molecule has 0 radical (unpaired) electrons. The molecule has 0 aliphatic heterocycles. The molecule has 1 atom stereocenters. The van der Waals surface area contributed by atoms with Crippen LogP contribution in [0.15, 0.2) is 12.4 Å². The van der Waals surface area contributed by atoms with Crippen LogP contribution in [0.2, 0.25) is 0 Å². The predicted molar refractivity (Wildman–Crippen MR) is 50.3 cm³/mol. The smallest absolute Gasteiger partial charge is 0.422 e. The third-order valence-corrected chi connectivity index (χ3v) is 2.16. The zero-order valence-corrected chi connectivity index (χ0v) is 9.10. The van der Waals surface area contributed by atoms with Gasteiger partial charge >= 0.3 is 12.1 Å². The summed E-state index contributed by atoms with van der Waals surface area (Å²) in [6.07, 6.45) is -2.63. The van der Waals surface area contributed by atoms with Gasteiger partial charge in [0.25, 0.3) is 0 Å². The molecule has 100 valence electrons. The molecule has 0 aromatic carbocycles. The van der Waals surface area contributed by atoms with Gasteiger partial charge in [-0.3, -0.25) is 4.79 Å². The summed E-state index contributed by atoms with van der Waals surface area (Å²) in [7, 11) is 0. The zero-order chi connectivity index (χ0) is 14.0. The van der Waals surface area contributed by atoms with Crippen molar-refractivity contribution >= 4 is 11.9 Å². The number of alkyl halides is 3. The first-order chi connectivity index (χ1) is 8.17. The fourth-order valence-electron chi connectivity index (χ4n) is 1.03. The summed E-state index contributed by atoms with van der Waals surface area (Å²) in [4.78, 5) is 22.0. The first-order valence-corrected chi connectivity index (χ1v) is 4.62. The SMILES string of the molecule is CC(NC(=O)Cn1ccnn1)(C(=O)O)C(F)(F)F. The van der Waals surface area contributed by atoms with Crippen molar-refractivity contribution in [3.05, 3.63) is 12.4 Å². The van der Waals surface area contributed by atoms with E-state index >= 15 is 0 Å². The van der Waals surface area contributed by atoms with Crippen LogP contribution in [-0.2, 0) is 16.1 Å². The highest BCUT2D eigenvalue weighted by molar-refractivity contribution is 5.87. The molecule has 1 rings (SSSR count). The summed E-state index contributed by atoms with van der Waals surface area (Å²) < 4.78 is 38.7. The highest BCUT2D eigenvalue weighted by Gasteiger charge is 2.58. The molecule has 2 N–H and O–H groups in total. The van der Waals surface area contributed by atoms with Gasteiger partial charge in [0.15, 0.2) is 0 Å². The molecule has 0 saturated carbocycles. The van der Waals surface area contributed by atoms with E-state index < -0.39 is 30.1 Å². The second-order valence-corrected chi connectivity index (χ2v) is 3.58. The zero-order valence-electron chi connectivity index (χ0n) is 9.10. The monoisotopic (exact) mass is 266 g/mol. The summed E-state index contributed by atoms with van der Waals surface area (Å²) in [5.41, 5.74) is -3.34. The number of nitrogens with one attached hydrogen (secondary N) is 1. The number of halogens is 3. The Hall–Kier alpha value is -2.13. The van der Waals surface area contributed by atoms with Crippen LogP contribution in [-0.4, -0.2) is 43.7 Å². The minimum absolute atomic E-state index is 0.370. The van der Waals surface area contributed by atoms with E-state index in [4.69, 9.17) is 5.11 Å². The molecule has 0 bridgehead atoms. The van der Waals surface area contributed by atoms with Crippen molar-refractivity contribution in [2.24, 2.45) is 0 Å². The maximum atomic E-state index is 12.6. The van der Waals surface area contributed by atoms with Gasteiger partial charge in [-0.05, 0) is 6.92 Å². The summed E-state index contributed by atoms with van der Waals surface area (Å²) in [5, 5.41) is 16.7. The average molecular weight is 266 g/mol. The Balaban J connectivity index is 2.80. The van der Waals surface area contributed by atoms with Crippen LogP contribution < -0.4 is 5.32 Å². The van der Waals surface area contributed by atoms with E-state index in [-0.39, 0.29) is 0 Å². The number of rotatable bonds is 4. The van der Waals surface area contributed by atoms with Crippen LogP contribution in [0.5, 0.6) is 0 Å². The number of hydrogen-bond acceptors (Lipinski definition) is 4. The van der Waals surface area contributed by atoms with Gasteiger partial charge in [0.05, 0.1) is 6.20 Å². The normalized spacial score (nSPS) is 14.9. The number of aliphatic carboxylic acids is 1. The van der Waals surface area contributed by atoms with Crippen LogP contribution in [0.1, 0.15) is 6.92 Å². The number of hydrogen-bond donors (Lipinski definition) is 2. The van der Waals surface area contributed by atoms with Crippen molar-refractivity contribution in [3.8, 4) is 0 Å². The fourth-order valence-corrected chi connectivity index (χ4v) is 1.03. The summed E-state index contributed by atoms with van der Waals surface area (Å²) in [5.74, 6) is -3.33. The second-order valence-electron chi connectivity index (χ2n) is 3.58. The maximum Gasteiger partial charge on any atom is 0.422 e. The Morgan fingerprint density at radius 1 is 1.44 bits per heavy atom. The molecule has 1 aromatic rings. The predicted octanol–water partition coefficient (Wildman–Crippen LogP) is -0.200. The van der Waals surface area contributed by atoms with Crippen LogP contribution >= 0.6 is 0 Å². The molecule has 1 amide bonds. The van der Waals surface area contributed by atoms with E-state index in [9.17, 15) is 22.8 Å². The van der Waals surface area contributed by atoms with E-state index in [0.717, 1.165) is 4.68 Å². The van der Waals surface area contributed by atoms with Gasteiger partial charge in [0.1, 0.15) is 6.54 Å². The van der Waals surface area contributed by atoms with Gasteiger partial charge in [-0.1, -0.05) is 5.21 Å². The number of nitrogens with zero attached hydrogens (tertiary/aromatic N) is 3. The first kappa shape index (κ1) is 13.9. The van der Waals surface area contributed by atoms with E-state index in [1.54, 1.807) is 0 Å². The Morgan fingerprint density at radius 3 is 2.44 bits per heavy atom. The molecular formula is C8H9F3N4O3. The van der Waals surface area contributed by atoms with Gasteiger partial charge in [0, 0.05) is 6.20 Å². The molecule has 0 fully saturated rings. The van der Waals surface area contributed by atoms with Crippen molar-refractivity contribution in [3.63, 3.8) is 0 Å². The largest absolute Gasteiger partial charge is 0.479 e. The minimum Gasteiger partial charge on any atom is -0.479 e. The van der Waals surface area contributed by atoms with Crippen LogP contribution in [0, 0.1) is 0 Å².